The van der Waals surface area contributed by atoms with E-state index in [1.807, 2.05) is 24.3 Å². The molecule has 2 heteroatoms. The molecule has 1 amide bonds. The molecule has 0 aromatic heterocycles. The molecule has 1 aromatic carbocycles. The van der Waals surface area contributed by atoms with Crippen LogP contribution in [0.4, 0.5) is 0 Å². The number of carbonyl (C=O) groups is 1. The molecule has 0 fully saturated rings. The Labute approximate surface area is 136 Å². The van der Waals surface area contributed by atoms with Crippen LogP contribution in [0.25, 0.3) is 0 Å². The fourth-order valence-electron chi connectivity index (χ4n) is 2.57. The quantitative estimate of drug-likeness (QED) is 0.506. The molecule has 0 saturated heterocycles. The lowest BCUT2D eigenvalue weighted by Crippen LogP contribution is -2.24. The second-order valence-corrected chi connectivity index (χ2v) is 6.13. The van der Waals surface area contributed by atoms with E-state index in [1.54, 1.807) is 0 Å². The molecule has 0 atom stereocenters. The highest BCUT2D eigenvalue weighted by Crippen LogP contribution is 2.10. The van der Waals surface area contributed by atoms with Crippen LogP contribution in [0.2, 0.25) is 0 Å². The van der Waals surface area contributed by atoms with E-state index in [1.165, 1.54) is 57.8 Å². The molecule has 1 N–H and O–H groups in total. The van der Waals surface area contributed by atoms with E-state index < -0.39 is 0 Å². The van der Waals surface area contributed by atoms with Gasteiger partial charge in [-0.3, -0.25) is 4.79 Å². The van der Waals surface area contributed by atoms with Gasteiger partial charge in [-0.15, -0.1) is 0 Å². The number of hydrogen-bond acceptors (Lipinski definition) is 1. The Kier molecular flexibility index (Phi) is 10.4. The topological polar surface area (TPSA) is 29.1 Å². The highest BCUT2D eigenvalue weighted by Gasteiger charge is 2.03. The summed E-state index contributed by atoms with van der Waals surface area (Å²) in [5.41, 5.74) is 1.66. The molecule has 0 aliphatic carbocycles. The molecule has 0 unspecified atom stereocenters. The van der Waals surface area contributed by atoms with Crippen LogP contribution in [-0.4, -0.2) is 12.5 Å². The third kappa shape index (κ3) is 8.86. The maximum absolute atomic E-state index is 11.9. The van der Waals surface area contributed by atoms with Crippen molar-refractivity contribution in [1.29, 1.82) is 0 Å². The Bertz CT molecular complexity index is 397. The van der Waals surface area contributed by atoms with Gasteiger partial charge in [0.15, 0.2) is 0 Å². The van der Waals surface area contributed by atoms with Gasteiger partial charge >= 0.3 is 0 Å². The first-order chi connectivity index (χ1) is 10.7. The maximum atomic E-state index is 11.9. The molecular weight excluding hydrogens is 270 g/mol. The monoisotopic (exact) mass is 302 g/mol. The van der Waals surface area contributed by atoms with Crippen molar-refractivity contribution in [2.75, 3.05) is 6.54 Å². The van der Waals surface area contributed by atoms with Crippen LogP contribution in [0, 0.1) is 6.92 Å². The lowest BCUT2D eigenvalue weighted by Gasteiger charge is -2.06. The van der Waals surface area contributed by atoms with Crippen LogP contribution in [0.1, 0.15) is 87.1 Å². The SMILES string of the molecule is [CH2]c1ccc(C(=O)NCCCCCCCCCCCC)cc1. The van der Waals surface area contributed by atoms with Gasteiger partial charge in [-0.2, -0.15) is 0 Å². The zero-order valence-corrected chi connectivity index (χ0v) is 14.2. The third-order valence-corrected chi connectivity index (χ3v) is 4.03. The summed E-state index contributed by atoms with van der Waals surface area (Å²) < 4.78 is 0. The molecule has 0 spiro atoms. The molecule has 22 heavy (non-hydrogen) atoms. The Hall–Kier alpha value is -1.31. The fraction of sp³-hybridized carbons (Fsp3) is 0.600. The van der Waals surface area contributed by atoms with E-state index in [0.29, 0.717) is 0 Å². The molecule has 1 rings (SSSR count). The minimum absolute atomic E-state index is 0.0240. The molecule has 0 bridgehead atoms. The van der Waals surface area contributed by atoms with Crippen molar-refractivity contribution >= 4 is 5.91 Å². The molecule has 0 aliphatic heterocycles. The number of hydrogen-bond donors (Lipinski definition) is 1. The van der Waals surface area contributed by atoms with Crippen molar-refractivity contribution in [3.63, 3.8) is 0 Å². The molecule has 1 radical (unpaired) electrons. The van der Waals surface area contributed by atoms with E-state index >= 15 is 0 Å². The van der Waals surface area contributed by atoms with Crippen molar-refractivity contribution in [1.82, 2.24) is 5.32 Å². The molecule has 1 aromatic rings. The summed E-state index contributed by atoms with van der Waals surface area (Å²) in [7, 11) is 0. The Morgan fingerprint density at radius 1 is 0.864 bits per heavy atom. The smallest absolute Gasteiger partial charge is 0.251 e. The predicted octanol–water partition coefficient (Wildman–Crippen LogP) is 5.52. The zero-order valence-electron chi connectivity index (χ0n) is 14.2. The summed E-state index contributed by atoms with van der Waals surface area (Å²) in [4.78, 5) is 11.9. The van der Waals surface area contributed by atoms with Gasteiger partial charge in [0.25, 0.3) is 5.91 Å². The van der Waals surface area contributed by atoms with Gasteiger partial charge in [-0.05, 0) is 31.0 Å². The van der Waals surface area contributed by atoms with Crippen molar-refractivity contribution < 1.29 is 4.79 Å². The average Bonchev–Trinajstić information content (AvgIpc) is 2.53. The van der Waals surface area contributed by atoms with Crippen LogP contribution in [0.15, 0.2) is 24.3 Å². The molecule has 123 valence electrons. The summed E-state index contributed by atoms with van der Waals surface area (Å²) in [6.07, 6.45) is 13.2. The van der Waals surface area contributed by atoms with E-state index in [4.69, 9.17) is 0 Å². The predicted molar refractivity (Wildman–Crippen MR) is 95.1 cm³/mol. The minimum atomic E-state index is 0.0240. The minimum Gasteiger partial charge on any atom is -0.352 e. The van der Waals surface area contributed by atoms with Gasteiger partial charge in [0, 0.05) is 12.1 Å². The van der Waals surface area contributed by atoms with Crippen molar-refractivity contribution in [2.24, 2.45) is 0 Å². The Morgan fingerprint density at radius 2 is 1.36 bits per heavy atom. The van der Waals surface area contributed by atoms with Gasteiger partial charge in [0.1, 0.15) is 0 Å². The Morgan fingerprint density at radius 3 is 1.91 bits per heavy atom. The number of benzene rings is 1. The van der Waals surface area contributed by atoms with Crippen LogP contribution in [0.3, 0.4) is 0 Å². The third-order valence-electron chi connectivity index (χ3n) is 4.03. The number of carbonyl (C=O) groups excluding carboxylic acids is 1. The van der Waals surface area contributed by atoms with Crippen LogP contribution >= 0.6 is 0 Å². The summed E-state index contributed by atoms with van der Waals surface area (Å²) >= 11 is 0. The first-order valence-corrected chi connectivity index (χ1v) is 8.94. The standard InChI is InChI=1S/C20H32NO/c1-3-4-5-6-7-8-9-10-11-12-17-21-20(22)19-15-13-18(2)14-16-19/h13-16H,2-12,17H2,1H3,(H,21,22). The second-order valence-electron chi connectivity index (χ2n) is 6.13. The molecule has 0 heterocycles. The summed E-state index contributed by atoms with van der Waals surface area (Å²) in [5, 5.41) is 2.98. The fourth-order valence-corrected chi connectivity index (χ4v) is 2.57. The van der Waals surface area contributed by atoms with E-state index in [2.05, 4.69) is 19.2 Å². The average molecular weight is 302 g/mol. The first-order valence-electron chi connectivity index (χ1n) is 8.94. The Balaban J connectivity index is 1.93. The van der Waals surface area contributed by atoms with Crippen molar-refractivity contribution in [3.8, 4) is 0 Å². The summed E-state index contributed by atoms with van der Waals surface area (Å²) in [5.74, 6) is 0.0240. The zero-order chi connectivity index (χ0) is 16.0. The largest absolute Gasteiger partial charge is 0.352 e. The number of nitrogens with one attached hydrogen (secondary N) is 1. The van der Waals surface area contributed by atoms with Gasteiger partial charge in [-0.1, -0.05) is 76.8 Å². The number of rotatable bonds is 12. The normalized spacial score (nSPS) is 10.6. The second kappa shape index (κ2) is 12.3. The van der Waals surface area contributed by atoms with Gasteiger partial charge in [0.2, 0.25) is 0 Å². The van der Waals surface area contributed by atoms with E-state index in [0.717, 1.165) is 24.1 Å². The highest BCUT2D eigenvalue weighted by atomic mass is 16.1. The van der Waals surface area contributed by atoms with E-state index in [9.17, 15) is 4.79 Å². The summed E-state index contributed by atoms with van der Waals surface area (Å²) in [6, 6.07) is 7.40. The van der Waals surface area contributed by atoms with Crippen LogP contribution in [0.5, 0.6) is 0 Å². The lowest BCUT2D eigenvalue weighted by molar-refractivity contribution is 0.0953. The lowest BCUT2D eigenvalue weighted by atomic mass is 10.1. The van der Waals surface area contributed by atoms with Gasteiger partial charge in [-0.25, -0.2) is 0 Å². The van der Waals surface area contributed by atoms with Crippen LogP contribution in [-0.2, 0) is 0 Å². The molecule has 2 nitrogen and oxygen atoms in total. The maximum Gasteiger partial charge on any atom is 0.251 e. The van der Waals surface area contributed by atoms with Crippen molar-refractivity contribution in [2.45, 2.75) is 71.1 Å². The van der Waals surface area contributed by atoms with Crippen LogP contribution < -0.4 is 5.32 Å². The van der Waals surface area contributed by atoms with Gasteiger partial charge in [0.05, 0.1) is 0 Å². The van der Waals surface area contributed by atoms with Crippen molar-refractivity contribution in [3.05, 3.63) is 42.3 Å². The summed E-state index contributed by atoms with van der Waals surface area (Å²) in [6.45, 7) is 6.86. The highest BCUT2D eigenvalue weighted by molar-refractivity contribution is 5.94. The molecule has 0 saturated carbocycles. The molecule has 0 aliphatic rings. The molecular formula is C20H32NO. The number of amides is 1. The number of unbranched alkanes of at least 4 members (excludes halogenated alkanes) is 9. The van der Waals surface area contributed by atoms with E-state index in [-0.39, 0.29) is 5.91 Å². The van der Waals surface area contributed by atoms with Gasteiger partial charge < -0.3 is 5.32 Å². The first kappa shape index (κ1) is 18.7.